The second-order valence-corrected chi connectivity index (χ2v) is 4.70. The topological polar surface area (TPSA) is 87.7 Å². The molecule has 0 radical (unpaired) electrons. The molecule has 0 fully saturated rings. The molecule has 0 aliphatic carbocycles. The zero-order valence-electron chi connectivity index (χ0n) is 9.90. The third-order valence-electron chi connectivity index (χ3n) is 2.02. The number of hydroxylamine groups is 1. The van der Waals surface area contributed by atoms with Crippen molar-refractivity contribution in [2.24, 2.45) is 10.7 Å². The lowest BCUT2D eigenvalue weighted by Gasteiger charge is -2.08. The van der Waals surface area contributed by atoms with Crippen LogP contribution in [0.4, 0.5) is 0 Å². The fourth-order valence-electron chi connectivity index (χ4n) is 1.13. The molecule has 4 N–H and O–H groups in total. The second-order valence-electron chi connectivity index (χ2n) is 3.43. The number of aliphatic imine (C=N–C) groups is 1. The quantitative estimate of drug-likeness (QED) is 0.272. The van der Waals surface area contributed by atoms with Crippen LogP contribution in [0.5, 0.6) is 0 Å². The first-order chi connectivity index (χ1) is 7.61. The Morgan fingerprint density at radius 3 is 2.81 bits per heavy atom. The molecule has 6 heteroatoms. The second kappa shape index (κ2) is 9.62. The van der Waals surface area contributed by atoms with E-state index in [2.05, 4.69) is 4.99 Å². The Bertz CT molecular complexity index is 234. The van der Waals surface area contributed by atoms with Crippen LogP contribution in [0.2, 0.25) is 0 Å². The molecule has 1 atom stereocenters. The number of unbranched alkanes of at least 4 members (excludes halogenated alkanes) is 1. The SMILES string of the molecule is CCSC(=O)[C@@H](N)CCCCN=C(C)NO. The van der Waals surface area contributed by atoms with Crippen LogP contribution in [0, 0.1) is 0 Å². The largest absolute Gasteiger partial charge is 0.321 e. The first kappa shape index (κ1) is 15.4. The van der Waals surface area contributed by atoms with Gasteiger partial charge in [-0.25, -0.2) is 0 Å². The number of hydrogen-bond donors (Lipinski definition) is 3. The van der Waals surface area contributed by atoms with E-state index in [4.69, 9.17) is 10.9 Å². The van der Waals surface area contributed by atoms with Crippen LogP contribution in [0.1, 0.15) is 33.1 Å². The maximum Gasteiger partial charge on any atom is 0.205 e. The Morgan fingerprint density at radius 2 is 2.25 bits per heavy atom. The number of carbonyl (C=O) groups excluding carboxylic acids is 1. The smallest absolute Gasteiger partial charge is 0.205 e. The molecule has 0 unspecified atom stereocenters. The molecular formula is C10H21N3O2S. The molecule has 0 aromatic carbocycles. The van der Waals surface area contributed by atoms with Gasteiger partial charge < -0.3 is 5.73 Å². The summed E-state index contributed by atoms with van der Waals surface area (Å²) in [6.45, 7) is 4.27. The third-order valence-corrected chi connectivity index (χ3v) is 2.90. The summed E-state index contributed by atoms with van der Waals surface area (Å²) in [6.07, 6.45) is 2.45. The molecule has 94 valence electrons. The Morgan fingerprint density at radius 1 is 1.56 bits per heavy atom. The van der Waals surface area contributed by atoms with Crippen LogP contribution in [-0.4, -0.2) is 34.5 Å². The van der Waals surface area contributed by atoms with Gasteiger partial charge >= 0.3 is 0 Å². The molecule has 0 heterocycles. The van der Waals surface area contributed by atoms with Crippen molar-refractivity contribution in [3.63, 3.8) is 0 Å². The van der Waals surface area contributed by atoms with Crippen LogP contribution in [-0.2, 0) is 4.79 Å². The molecule has 0 rings (SSSR count). The van der Waals surface area contributed by atoms with E-state index < -0.39 is 0 Å². The minimum absolute atomic E-state index is 0.0687. The number of carbonyl (C=O) groups is 1. The van der Waals surface area contributed by atoms with Crippen molar-refractivity contribution in [3.05, 3.63) is 0 Å². The van der Waals surface area contributed by atoms with E-state index in [1.165, 1.54) is 11.8 Å². The first-order valence-corrected chi connectivity index (χ1v) is 6.43. The van der Waals surface area contributed by atoms with E-state index >= 15 is 0 Å². The molecule has 5 nitrogen and oxygen atoms in total. The molecule has 0 amide bonds. The standard InChI is InChI=1S/C10H21N3O2S/c1-3-16-10(14)9(11)6-4-5-7-12-8(2)13-15/h9,15H,3-7,11H2,1-2H3,(H,12,13)/t9-/m0/s1. The molecule has 0 aliphatic heterocycles. The Kier molecular flexibility index (Phi) is 9.27. The summed E-state index contributed by atoms with van der Waals surface area (Å²) in [7, 11) is 0. The normalized spacial score (nSPS) is 13.6. The van der Waals surface area contributed by atoms with Crippen molar-refractivity contribution < 1.29 is 10.0 Å². The maximum atomic E-state index is 11.3. The summed E-state index contributed by atoms with van der Waals surface area (Å²) in [5.41, 5.74) is 7.68. The van der Waals surface area contributed by atoms with Crippen molar-refractivity contribution in [3.8, 4) is 0 Å². The van der Waals surface area contributed by atoms with Gasteiger partial charge in [-0.15, -0.1) is 0 Å². The first-order valence-electron chi connectivity index (χ1n) is 5.45. The molecule has 0 bridgehead atoms. The van der Waals surface area contributed by atoms with Crippen LogP contribution in [0.15, 0.2) is 4.99 Å². The Balaban J connectivity index is 3.55. The van der Waals surface area contributed by atoms with Crippen LogP contribution < -0.4 is 11.2 Å². The van der Waals surface area contributed by atoms with E-state index in [1.807, 2.05) is 12.4 Å². The van der Waals surface area contributed by atoms with Gasteiger partial charge in [-0.3, -0.25) is 20.5 Å². The van der Waals surface area contributed by atoms with E-state index in [9.17, 15) is 4.79 Å². The molecule has 0 spiro atoms. The molecule has 0 aliphatic rings. The summed E-state index contributed by atoms with van der Waals surface area (Å²) in [5, 5.41) is 8.53. The van der Waals surface area contributed by atoms with E-state index in [0.29, 0.717) is 18.8 Å². The van der Waals surface area contributed by atoms with E-state index in [0.717, 1.165) is 18.6 Å². The summed E-state index contributed by atoms with van der Waals surface area (Å²) < 4.78 is 0. The maximum absolute atomic E-state index is 11.3. The minimum atomic E-state index is -0.356. The van der Waals surface area contributed by atoms with Crippen molar-refractivity contribution in [1.29, 1.82) is 0 Å². The molecule has 0 aromatic heterocycles. The monoisotopic (exact) mass is 247 g/mol. The lowest BCUT2D eigenvalue weighted by atomic mass is 10.1. The number of thioether (sulfide) groups is 1. The van der Waals surface area contributed by atoms with Crippen LogP contribution >= 0.6 is 11.8 Å². The Hall–Kier alpha value is -0.590. The van der Waals surface area contributed by atoms with Crippen LogP contribution in [0.3, 0.4) is 0 Å². The number of rotatable bonds is 7. The van der Waals surface area contributed by atoms with Crippen molar-refractivity contribution in [1.82, 2.24) is 5.48 Å². The van der Waals surface area contributed by atoms with Gasteiger partial charge in [0.25, 0.3) is 0 Å². The predicted octanol–water partition coefficient (Wildman–Crippen LogP) is 1.16. The van der Waals surface area contributed by atoms with Gasteiger partial charge in [0.15, 0.2) is 0 Å². The molecule has 16 heavy (non-hydrogen) atoms. The van der Waals surface area contributed by atoms with Gasteiger partial charge in [0, 0.05) is 6.54 Å². The summed E-state index contributed by atoms with van der Waals surface area (Å²) in [5.74, 6) is 1.28. The highest BCUT2D eigenvalue weighted by molar-refractivity contribution is 8.13. The zero-order chi connectivity index (χ0) is 12.4. The fourth-order valence-corrected chi connectivity index (χ4v) is 1.74. The average Bonchev–Trinajstić information content (AvgIpc) is 2.28. The minimum Gasteiger partial charge on any atom is -0.321 e. The number of hydrogen-bond acceptors (Lipinski definition) is 5. The third kappa shape index (κ3) is 7.67. The Labute approximate surface area is 101 Å². The summed E-state index contributed by atoms with van der Waals surface area (Å²) in [6, 6.07) is -0.356. The highest BCUT2D eigenvalue weighted by atomic mass is 32.2. The fraction of sp³-hybridized carbons (Fsp3) is 0.800. The molecule has 0 aromatic rings. The van der Waals surface area contributed by atoms with Gasteiger partial charge in [-0.2, -0.15) is 0 Å². The van der Waals surface area contributed by atoms with Gasteiger partial charge in [-0.05, 0) is 31.9 Å². The molecule has 0 saturated carbocycles. The zero-order valence-corrected chi connectivity index (χ0v) is 10.7. The lowest BCUT2D eigenvalue weighted by molar-refractivity contribution is -0.112. The van der Waals surface area contributed by atoms with E-state index in [-0.39, 0.29) is 11.2 Å². The van der Waals surface area contributed by atoms with E-state index in [1.54, 1.807) is 6.92 Å². The van der Waals surface area contributed by atoms with Gasteiger partial charge in [0.1, 0.15) is 5.84 Å². The average molecular weight is 247 g/mol. The molecular weight excluding hydrogens is 226 g/mol. The number of amidine groups is 1. The van der Waals surface area contributed by atoms with Gasteiger partial charge in [-0.1, -0.05) is 18.7 Å². The summed E-state index contributed by atoms with van der Waals surface area (Å²) >= 11 is 1.28. The number of nitrogens with one attached hydrogen (secondary N) is 1. The van der Waals surface area contributed by atoms with Gasteiger partial charge in [0.05, 0.1) is 6.04 Å². The van der Waals surface area contributed by atoms with Crippen molar-refractivity contribution >= 4 is 22.7 Å². The predicted molar refractivity (Wildman–Crippen MR) is 67.9 cm³/mol. The lowest BCUT2D eigenvalue weighted by Crippen LogP contribution is -2.28. The summed E-state index contributed by atoms with van der Waals surface area (Å²) in [4.78, 5) is 15.4. The van der Waals surface area contributed by atoms with Crippen LogP contribution in [0.25, 0.3) is 0 Å². The van der Waals surface area contributed by atoms with Gasteiger partial charge in [0.2, 0.25) is 5.12 Å². The van der Waals surface area contributed by atoms with Crippen molar-refractivity contribution in [2.45, 2.75) is 39.2 Å². The highest BCUT2D eigenvalue weighted by Crippen LogP contribution is 2.08. The number of nitrogens with zero attached hydrogens (tertiary/aromatic N) is 1. The molecule has 0 saturated heterocycles. The van der Waals surface area contributed by atoms with Crippen molar-refractivity contribution in [2.75, 3.05) is 12.3 Å². The highest BCUT2D eigenvalue weighted by Gasteiger charge is 2.11. The number of nitrogens with two attached hydrogens (primary N) is 1.